The fourth-order valence-corrected chi connectivity index (χ4v) is 3.70. The summed E-state index contributed by atoms with van der Waals surface area (Å²) in [5.41, 5.74) is 0.745. The number of hydrogen-bond acceptors (Lipinski definition) is 5. The van der Waals surface area contributed by atoms with Gasteiger partial charge in [-0.05, 0) is 30.7 Å². The number of aryl methyl sites for hydroxylation is 1. The van der Waals surface area contributed by atoms with Crippen molar-refractivity contribution in [2.75, 3.05) is 6.54 Å². The minimum Gasteiger partial charge on any atom is -0.348 e. The van der Waals surface area contributed by atoms with Crippen LogP contribution in [0.3, 0.4) is 0 Å². The zero-order chi connectivity index (χ0) is 17.6. The highest BCUT2D eigenvalue weighted by molar-refractivity contribution is 7.89. The zero-order valence-electron chi connectivity index (χ0n) is 13.4. The average Bonchev–Trinajstić information content (AvgIpc) is 2.97. The number of amides is 1. The topological polar surface area (TPSA) is 88.2 Å². The van der Waals surface area contributed by atoms with E-state index in [0.29, 0.717) is 13.1 Å². The molecule has 1 aromatic heterocycles. The highest BCUT2D eigenvalue weighted by Gasteiger charge is 2.11. The predicted molar refractivity (Wildman–Crippen MR) is 95.0 cm³/mol. The van der Waals surface area contributed by atoms with Crippen LogP contribution in [0.2, 0.25) is 0 Å². The van der Waals surface area contributed by atoms with E-state index in [-0.39, 0.29) is 10.8 Å². The molecule has 6 nitrogen and oxygen atoms in total. The monoisotopic (exact) mass is 365 g/mol. The van der Waals surface area contributed by atoms with Gasteiger partial charge in [0.15, 0.2) is 0 Å². The standard InChI is InChI=1S/C16H19N3O3S2/c1-3-19-24(21,22)15-7-4-13(5-8-15)6-9-16(20)18-11-14-10-17-12(2)23-14/h4-10,19H,3,11H2,1-2H3,(H,18,20). The number of rotatable bonds is 7. The summed E-state index contributed by atoms with van der Waals surface area (Å²) in [6.45, 7) is 4.41. The number of aromatic nitrogens is 1. The first-order valence-electron chi connectivity index (χ1n) is 7.37. The van der Waals surface area contributed by atoms with Gasteiger partial charge in [-0.1, -0.05) is 19.1 Å². The molecule has 24 heavy (non-hydrogen) atoms. The van der Waals surface area contributed by atoms with Gasteiger partial charge in [0.25, 0.3) is 0 Å². The lowest BCUT2D eigenvalue weighted by Gasteiger charge is -2.04. The van der Waals surface area contributed by atoms with Crippen LogP contribution in [0, 0.1) is 6.92 Å². The van der Waals surface area contributed by atoms with Crippen LogP contribution >= 0.6 is 11.3 Å². The molecule has 0 radical (unpaired) electrons. The fourth-order valence-electron chi connectivity index (χ4n) is 1.92. The molecule has 0 bridgehead atoms. The Balaban J connectivity index is 1.92. The molecule has 0 aliphatic heterocycles. The van der Waals surface area contributed by atoms with E-state index in [1.165, 1.54) is 29.5 Å². The maximum Gasteiger partial charge on any atom is 0.244 e. The van der Waals surface area contributed by atoms with E-state index >= 15 is 0 Å². The van der Waals surface area contributed by atoms with Crippen molar-refractivity contribution in [1.82, 2.24) is 15.0 Å². The number of thiazole rings is 1. The number of hydrogen-bond donors (Lipinski definition) is 2. The van der Waals surface area contributed by atoms with E-state index in [4.69, 9.17) is 0 Å². The normalized spacial score (nSPS) is 11.8. The van der Waals surface area contributed by atoms with Gasteiger partial charge < -0.3 is 5.32 Å². The minimum atomic E-state index is -3.45. The van der Waals surface area contributed by atoms with Crippen molar-refractivity contribution in [2.45, 2.75) is 25.3 Å². The van der Waals surface area contributed by atoms with Crippen LogP contribution < -0.4 is 10.0 Å². The van der Waals surface area contributed by atoms with Crippen molar-refractivity contribution in [3.8, 4) is 0 Å². The summed E-state index contributed by atoms with van der Waals surface area (Å²) in [5.74, 6) is -0.217. The smallest absolute Gasteiger partial charge is 0.244 e. The van der Waals surface area contributed by atoms with Gasteiger partial charge in [0.05, 0.1) is 16.4 Å². The molecule has 1 aromatic carbocycles. The molecular formula is C16H19N3O3S2. The Morgan fingerprint density at radius 2 is 2.00 bits per heavy atom. The number of carbonyl (C=O) groups is 1. The molecule has 0 saturated heterocycles. The summed E-state index contributed by atoms with van der Waals surface area (Å²) in [6, 6.07) is 6.33. The van der Waals surface area contributed by atoms with Gasteiger partial charge in [-0.25, -0.2) is 18.1 Å². The number of nitrogens with zero attached hydrogens (tertiary/aromatic N) is 1. The Labute approximate surface area is 145 Å². The van der Waals surface area contributed by atoms with E-state index in [0.717, 1.165) is 15.4 Å². The highest BCUT2D eigenvalue weighted by atomic mass is 32.2. The number of nitrogens with one attached hydrogen (secondary N) is 2. The number of carbonyl (C=O) groups excluding carboxylic acids is 1. The van der Waals surface area contributed by atoms with Crippen LogP contribution in [-0.4, -0.2) is 25.9 Å². The van der Waals surface area contributed by atoms with Crippen LogP contribution in [0.5, 0.6) is 0 Å². The maximum absolute atomic E-state index is 11.8. The molecule has 1 amide bonds. The van der Waals surface area contributed by atoms with Crippen molar-refractivity contribution in [1.29, 1.82) is 0 Å². The second-order valence-corrected chi connectivity index (χ2v) is 8.05. The number of benzene rings is 1. The van der Waals surface area contributed by atoms with Gasteiger partial charge in [0, 0.05) is 23.7 Å². The highest BCUT2D eigenvalue weighted by Crippen LogP contribution is 2.12. The molecule has 1 heterocycles. The molecule has 2 rings (SSSR count). The Kier molecular flexibility index (Phi) is 6.24. The minimum absolute atomic E-state index is 0.200. The molecule has 0 unspecified atom stereocenters. The molecule has 0 saturated carbocycles. The van der Waals surface area contributed by atoms with E-state index in [1.807, 2.05) is 6.92 Å². The van der Waals surface area contributed by atoms with Crippen LogP contribution in [0.25, 0.3) is 6.08 Å². The molecule has 0 atom stereocenters. The summed E-state index contributed by atoms with van der Waals surface area (Å²) in [6.07, 6.45) is 4.80. The van der Waals surface area contributed by atoms with Crippen molar-refractivity contribution >= 4 is 33.3 Å². The lowest BCUT2D eigenvalue weighted by molar-refractivity contribution is -0.116. The largest absolute Gasteiger partial charge is 0.348 e. The van der Waals surface area contributed by atoms with E-state index in [2.05, 4.69) is 15.0 Å². The summed E-state index contributed by atoms with van der Waals surface area (Å²) >= 11 is 1.54. The average molecular weight is 365 g/mol. The molecule has 128 valence electrons. The fraction of sp³-hybridized carbons (Fsp3) is 0.250. The van der Waals surface area contributed by atoms with Crippen molar-refractivity contribution in [2.24, 2.45) is 0 Å². The van der Waals surface area contributed by atoms with Gasteiger partial charge in [-0.15, -0.1) is 11.3 Å². The van der Waals surface area contributed by atoms with Crippen LogP contribution in [0.4, 0.5) is 0 Å². The SMILES string of the molecule is CCNS(=O)(=O)c1ccc(C=CC(=O)NCc2cnc(C)s2)cc1. The van der Waals surface area contributed by atoms with Gasteiger partial charge >= 0.3 is 0 Å². The van der Waals surface area contributed by atoms with Gasteiger partial charge in [0.2, 0.25) is 15.9 Å². The predicted octanol–water partition coefficient (Wildman–Crippen LogP) is 2.08. The van der Waals surface area contributed by atoms with Crippen LogP contribution in [0.1, 0.15) is 22.4 Å². The molecular weight excluding hydrogens is 346 g/mol. The van der Waals surface area contributed by atoms with Gasteiger partial charge in [-0.2, -0.15) is 0 Å². The molecule has 0 fully saturated rings. The van der Waals surface area contributed by atoms with Crippen molar-refractivity contribution < 1.29 is 13.2 Å². The van der Waals surface area contributed by atoms with E-state index in [9.17, 15) is 13.2 Å². The second kappa shape index (κ2) is 8.18. The first kappa shape index (κ1) is 18.3. The lowest BCUT2D eigenvalue weighted by Crippen LogP contribution is -2.22. The first-order valence-corrected chi connectivity index (χ1v) is 9.67. The summed E-state index contributed by atoms with van der Waals surface area (Å²) < 4.78 is 26.1. The first-order chi connectivity index (χ1) is 11.4. The Bertz CT molecular complexity index is 825. The van der Waals surface area contributed by atoms with Crippen LogP contribution in [-0.2, 0) is 21.4 Å². The van der Waals surface area contributed by atoms with E-state index in [1.54, 1.807) is 31.3 Å². The zero-order valence-corrected chi connectivity index (χ0v) is 15.1. The summed E-state index contributed by atoms with van der Waals surface area (Å²) in [7, 11) is -3.45. The molecule has 2 aromatic rings. The molecule has 8 heteroatoms. The molecule has 0 spiro atoms. The lowest BCUT2D eigenvalue weighted by atomic mass is 10.2. The Hall–Kier alpha value is -2.03. The van der Waals surface area contributed by atoms with Gasteiger partial charge in [0.1, 0.15) is 0 Å². The Morgan fingerprint density at radius 3 is 2.58 bits per heavy atom. The van der Waals surface area contributed by atoms with E-state index < -0.39 is 10.0 Å². The maximum atomic E-state index is 11.8. The summed E-state index contributed by atoms with van der Waals surface area (Å²) in [5, 5.41) is 3.73. The van der Waals surface area contributed by atoms with Crippen LogP contribution in [0.15, 0.2) is 41.4 Å². The van der Waals surface area contributed by atoms with Crippen molar-refractivity contribution in [3.05, 3.63) is 52.0 Å². The van der Waals surface area contributed by atoms with Crippen molar-refractivity contribution in [3.63, 3.8) is 0 Å². The second-order valence-electron chi connectivity index (χ2n) is 4.97. The third-order valence-corrected chi connectivity index (χ3v) is 5.53. The third kappa shape index (κ3) is 5.26. The quantitative estimate of drug-likeness (QED) is 0.735. The molecule has 0 aliphatic rings. The summed E-state index contributed by atoms with van der Waals surface area (Å²) in [4.78, 5) is 17.1. The Morgan fingerprint density at radius 1 is 1.29 bits per heavy atom. The number of sulfonamides is 1. The van der Waals surface area contributed by atoms with Gasteiger partial charge in [-0.3, -0.25) is 4.79 Å². The molecule has 0 aliphatic carbocycles. The third-order valence-electron chi connectivity index (χ3n) is 3.06. The molecule has 2 N–H and O–H groups in total.